The number of hydrogen-bond donors (Lipinski definition) is 3. The molecule has 4 N–H and O–H groups in total. The molecule has 0 saturated carbocycles. The summed E-state index contributed by atoms with van der Waals surface area (Å²) in [6.07, 6.45) is 0. The van der Waals surface area contributed by atoms with Crippen LogP contribution in [0.4, 0.5) is 10.1 Å². The van der Waals surface area contributed by atoms with Crippen molar-refractivity contribution in [1.82, 2.24) is 25.3 Å². The van der Waals surface area contributed by atoms with E-state index in [9.17, 15) is 12.8 Å². The summed E-state index contributed by atoms with van der Waals surface area (Å²) in [5.41, 5.74) is 5.03. The Bertz CT molecular complexity index is 720. The maximum Gasteiger partial charge on any atom is 0.242 e. The highest BCUT2D eigenvalue weighted by Gasteiger charge is 2.24. The number of halogens is 2. The lowest BCUT2D eigenvalue weighted by atomic mass is 10.3. The summed E-state index contributed by atoms with van der Waals surface area (Å²) in [6, 6.07) is 1.04. The number of nitrogen functional groups attached to an aromatic ring is 1. The molecule has 0 fully saturated rings. The number of nitrogens with zero attached hydrogens (tertiary/aromatic N) is 3. The van der Waals surface area contributed by atoms with E-state index in [1.165, 1.54) is 6.92 Å². The van der Waals surface area contributed by atoms with Crippen molar-refractivity contribution in [2.75, 3.05) is 5.73 Å². The van der Waals surface area contributed by atoms with Gasteiger partial charge in [0, 0.05) is 0 Å². The van der Waals surface area contributed by atoms with E-state index in [-0.39, 0.29) is 21.4 Å². The first-order valence-corrected chi connectivity index (χ1v) is 7.17. The van der Waals surface area contributed by atoms with Gasteiger partial charge in [0.15, 0.2) is 5.82 Å². The molecule has 20 heavy (non-hydrogen) atoms. The number of nitrogens with two attached hydrogens (primary N) is 1. The zero-order valence-electron chi connectivity index (χ0n) is 10.1. The zero-order chi connectivity index (χ0) is 14.9. The standard InChI is InChI=1S/C9H10ClFN6O2S/c1-4(9-13-16-17-14-9)15-20(18,19)8-3-7(12)6(11)2-5(8)10/h2-4,15H,12H2,1H3,(H,13,14,16,17). The number of anilines is 1. The topological polar surface area (TPSA) is 127 Å². The number of hydrogen-bond acceptors (Lipinski definition) is 6. The lowest BCUT2D eigenvalue weighted by molar-refractivity contribution is 0.559. The number of nitrogens with one attached hydrogen (secondary N) is 2. The molecule has 8 nitrogen and oxygen atoms in total. The van der Waals surface area contributed by atoms with E-state index in [0.29, 0.717) is 0 Å². The van der Waals surface area contributed by atoms with Crippen LogP contribution in [0.25, 0.3) is 0 Å². The largest absolute Gasteiger partial charge is 0.396 e. The lowest BCUT2D eigenvalue weighted by Crippen LogP contribution is -2.28. The molecule has 1 unspecified atom stereocenters. The minimum Gasteiger partial charge on any atom is -0.396 e. The van der Waals surface area contributed by atoms with Crippen LogP contribution in [0.5, 0.6) is 0 Å². The molecule has 1 atom stereocenters. The summed E-state index contributed by atoms with van der Waals surface area (Å²) in [5, 5.41) is 12.6. The molecule has 1 aromatic heterocycles. The first-order valence-electron chi connectivity index (χ1n) is 5.31. The Morgan fingerprint density at radius 2 is 2.20 bits per heavy atom. The van der Waals surface area contributed by atoms with Gasteiger partial charge in [-0.05, 0) is 19.1 Å². The van der Waals surface area contributed by atoms with Crippen LogP contribution >= 0.6 is 11.6 Å². The minimum absolute atomic E-state index is 0.153. The third-order valence-electron chi connectivity index (χ3n) is 2.42. The van der Waals surface area contributed by atoms with Crippen LogP contribution in [0.1, 0.15) is 18.8 Å². The van der Waals surface area contributed by atoms with E-state index in [0.717, 1.165) is 12.1 Å². The monoisotopic (exact) mass is 320 g/mol. The first-order chi connectivity index (χ1) is 9.31. The normalized spacial score (nSPS) is 13.3. The zero-order valence-corrected chi connectivity index (χ0v) is 11.7. The summed E-state index contributed by atoms with van der Waals surface area (Å²) in [6.45, 7) is 1.52. The van der Waals surface area contributed by atoms with Crippen molar-refractivity contribution in [3.05, 3.63) is 28.8 Å². The van der Waals surface area contributed by atoms with Gasteiger partial charge in [-0.15, -0.1) is 10.2 Å². The molecule has 0 aliphatic heterocycles. The second kappa shape index (κ2) is 5.31. The molecule has 0 spiro atoms. The van der Waals surface area contributed by atoms with Gasteiger partial charge in [0.25, 0.3) is 0 Å². The van der Waals surface area contributed by atoms with Crippen LogP contribution in [0.3, 0.4) is 0 Å². The Balaban J connectivity index is 2.34. The average molecular weight is 321 g/mol. The Kier molecular flexibility index (Phi) is 3.88. The number of benzene rings is 1. The van der Waals surface area contributed by atoms with Crippen LogP contribution in [-0.2, 0) is 10.0 Å². The second-order valence-corrected chi connectivity index (χ2v) is 6.01. The highest BCUT2D eigenvalue weighted by molar-refractivity contribution is 7.89. The minimum atomic E-state index is -4.01. The summed E-state index contributed by atoms with van der Waals surface area (Å²) >= 11 is 5.73. The van der Waals surface area contributed by atoms with Crippen molar-refractivity contribution in [2.24, 2.45) is 0 Å². The second-order valence-electron chi connectivity index (χ2n) is 3.92. The maximum atomic E-state index is 13.2. The fraction of sp³-hybridized carbons (Fsp3) is 0.222. The van der Waals surface area contributed by atoms with Crippen molar-refractivity contribution < 1.29 is 12.8 Å². The van der Waals surface area contributed by atoms with Crippen LogP contribution < -0.4 is 10.5 Å². The Labute approximate surface area is 118 Å². The quantitative estimate of drug-likeness (QED) is 0.708. The fourth-order valence-corrected chi connectivity index (χ4v) is 3.20. The number of sulfonamides is 1. The van der Waals surface area contributed by atoms with Gasteiger partial charge in [-0.3, -0.25) is 0 Å². The Morgan fingerprint density at radius 3 is 2.80 bits per heavy atom. The first kappa shape index (κ1) is 14.6. The highest BCUT2D eigenvalue weighted by Crippen LogP contribution is 2.27. The van der Waals surface area contributed by atoms with Crippen LogP contribution in [-0.4, -0.2) is 29.0 Å². The van der Waals surface area contributed by atoms with Crippen molar-refractivity contribution in [3.63, 3.8) is 0 Å². The molecule has 0 radical (unpaired) electrons. The Morgan fingerprint density at radius 1 is 1.50 bits per heavy atom. The third kappa shape index (κ3) is 2.86. The van der Waals surface area contributed by atoms with Gasteiger partial charge >= 0.3 is 0 Å². The van der Waals surface area contributed by atoms with Gasteiger partial charge in [-0.2, -0.15) is 5.21 Å². The molecule has 0 aliphatic rings. The molecule has 2 rings (SSSR count). The molecule has 0 saturated heterocycles. The molecule has 0 bridgehead atoms. The van der Waals surface area contributed by atoms with Gasteiger partial charge in [-0.25, -0.2) is 17.5 Å². The number of H-pyrrole nitrogens is 1. The number of aromatic amines is 1. The summed E-state index contributed by atoms with van der Waals surface area (Å²) in [7, 11) is -4.01. The molecule has 0 aliphatic carbocycles. The van der Waals surface area contributed by atoms with Gasteiger partial charge < -0.3 is 5.73 Å². The predicted octanol–water partition coefficient (Wildman–Crippen LogP) is 0.614. The molecule has 108 valence electrons. The number of rotatable bonds is 4. The van der Waals surface area contributed by atoms with E-state index in [2.05, 4.69) is 25.3 Å². The summed E-state index contributed by atoms with van der Waals surface area (Å²) in [4.78, 5) is -0.326. The van der Waals surface area contributed by atoms with E-state index in [4.69, 9.17) is 17.3 Å². The highest BCUT2D eigenvalue weighted by atomic mass is 35.5. The van der Waals surface area contributed by atoms with Crippen LogP contribution in [0, 0.1) is 5.82 Å². The average Bonchev–Trinajstić information content (AvgIpc) is 2.86. The maximum absolute atomic E-state index is 13.2. The molecular formula is C9H10ClFN6O2S. The van der Waals surface area contributed by atoms with Crippen LogP contribution in [0.2, 0.25) is 5.02 Å². The van der Waals surface area contributed by atoms with E-state index >= 15 is 0 Å². The van der Waals surface area contributed by atoms with Gasteiger partial charge in [0.1, 0.15) is 10.7 Å². The van der Waals surface area contributed by atoms with E-state index in [1.54, 1.807) is 0 Å². The van der Waals surface area contributed by atoms with Crippen molar-refractivity contribution in [3.8, 4) is 0 Å². The van der Waals surface area contributed by atoms with Crippen molar-refractivity contribution >= 4 is 27.3 Å². The van der Waals surface area contributed by atoms with Crippen molar-refractivity contribution in [2.45, 2.75) is 17.9 Å². The smallest absolute Gasteiger partial charge is 0.242 e. The van der Waals surface area contributed by atoms with Crippen molar-refractivity contribution in [1.29, 1.82) is 0 Å². The third-order valence-corrected chi connectivity index (χ3v) is 4.43. The molecule has 11 heteroatoms. The summed E-state index contributed by atoms with van der Waals surface area (Å²) in [5.74, 6) is -0.639. The van der Waals surface area contributed by atoms with Gasteiger partial charge in [0.2, 0.25) is 10.0 Å². The molecule has 2 aromatic rings. The number of aromatic nitrogens is 4. The molecule has 1 heterocycles. The molecule has 1 aromatic carbocycles. The fourth-order valence-electron chi connectivity index (χ4n) is 1.45. The summed E-state index contributed by atoms with van der Waals surface area (Å²) < 4.78 is 39.8. The Hall–Kier alpha value is -1.78. The SMILES string of the molecule is CC(NS(=O)(=O)c1cc(N)c(F)cc1Cl)c1nn[nH]n1. The van der Waals surface area contributed by atoms with E-state index in [1.807, 2.05) is 0 Å². The molecule has 0 amide bonds. The van der Waals surface area contributed by atoms with Crippen LogP contribution in [0.15, 0.2) is 17.0 Å². The van der Waals surface area contributed by atoms with Gasteiger partial charge in [0.05, 0.1) is 16.8 Å². The number of tetrazole rings is 1. The lowest BCUT2D eigenvalue weighted by Gasteiger charge is -2.12. The van der Waals surface area contributed by atoms with E-state index < -0.39 is 21.9 Å². The molecular weight excluding hydrogens is 311 g/mol. The van der Waals surface area contributed by atoms with Gasteiger partial charge in [-0.1, -0.05) is 16.8 Å². The predicted molar refractivity (Wildman–Crippen MR) is 68.7 cm³/mol.